The molecular formula is C17H9BrCl2N2O4. The molecule has 1 fully saturated rings. The van der Waals surface area contributed by atoms with Gasteiger partial charge in [-0.3, -0.25) is 14.9 Å². The predicted molar refractivity (Wildman–Crippen MR) is 101 cm³/mol. The highest BCUT2D eigenvalue weighted by molar-refractivity contribution is 9.10. The van der Waals surface area contributed by atoms with Gasteiger partial charge in [-0.2, -0.15) is 0 Å². The SMILES string of the molecule is O=C1NC(=O)N(c2ccc(Br)cc2)C(=O)C1=Cc1cc(Cl)c(O)c(Cl)c1. The quantitative estimate of drug-likeness (QED) is 0.526. The number of nitrogens with one attached hydrogen (secondary N) is 1. The summed E-state index contributed by atoms with van der Waals surface area (Å²) in [5.74, 6) is -1.93. The van der Waals surface area contributed by atoms with Crippen LogP contribution in [0, 0.1) is 0 Å². The largest absolute Gasteiger partial charge is 0.505 e. The highest BCUT2D eigenvalue weighted by Crippen LogP contribution is 2.33. The van der Waals surface area contributed by atoms with Gasteiger partial charge in [0, 0.05) is 4.47 Å². The van der Waals surface area contributed by atoms with Crippen molar-refractivity contribution >= 4 is 68.7 Å². The van der Waals surface area contributed by atoms with Crippen molar-refractivity contribution in [3.8, 4) is 5.75 Å². The maximum Gasteiger partial charge on any atom is 0.335 e. The first-order valence-electron chi connectivity index (χ1n) is 7.13. The molecule has 2 aromatic carbocycles. The molecule has 26 heavy (non-hydrogen) atoms. The first kappa shape index (κ1) is 18.4. The number of imide groups is 2. The van der Waals surface area contributed by atoms with Crippen molar-refractivity contribution in [1.82, 2.24) is 5.32 Å². The first-order valence-corrected chi connectivity index (χ1v) is 8.68. The zero-order chi connectivity index (χ0) is 19.0. The number of phenolic OH excluding ortho intramolecular Hbond substituents is 1. The summed E-state index contributed by atoms with van der Waals surface area (Å²) >= 11 is 15.0. The highest BCUT2D eigenvalue weighted by atomic mass is 79.9. The van der Waals surface area contributed by atoms with Crippen molar-refractivity contribution in [2.24, 2.45) is 0 Å². The van der Waals surface area contributed by atoms with Gasteiger partial charge in [-0.1, -0.05) is 39.1 Å². The molecule has 1 aliphatic rings. The predicted octanol–water partition coefficient (Wildman–Crippen LogP) is 4.13. The molecule has 0 radical (unpaired) electrons. The number of aromatic hydroxyl groups is 1. The fourth-order valence-electron chi connectivity index (χ4n) is 2.32. The molecule has 2 aromatic rings. The Hall–Kier alpha value is -2.35. The Bertz CT molecular complexity index is 950. The summed E-state index contributed by atoms with van der Waals surface area (Å²) in [6.45, 7) is 0. The molecule has 2 N–H and O–H groups in total. The lowest BCUT2D eigenvalue weighted by molar-refractivity contribution is -0.122. The number of nitrogens with zero attached hydrogens (tertiary/aromatic N) is 1. The summed E-state index contributed by atoms with van der Waals surface area (Å²) in [7, 11) is 0. The van der Waals surface area contributed by atoms with Gasteiger partial charge in [-0.05, 0) is 48.0 Å². The third-order valence-electron chi connectivity index (χ3n) is 3.54. The first-order chi connectivity index (χ1) is 12.3. The van der Waals surface area contributed by atoms with Crippen molar-refractivity contribution < 1.29 is 19.5 Å². The summed E-state index contributed by atoms with van der Waals surface area (Å²) in [4.78, 5) is 37.8. The lowest BCUT2D eigenvalue weighted by Gasteiger charge is -2.26. The average Bonchev–Trinajstić information content (AvgIpc) is 2.58. The second kappa shape index (κ2) is 7.11. The second-order valence-corrected chi connectivity index (χ2v) is 7.00. The number of rotatable bonds is 2. The van der Waals surface area contributed by atoms with Crippen molar-refractivity contribution in [1.29, 1.82) is 0 Å². The topological polar surface area (TPSA) is 86.7 Å². The lowest BCUT2D eigenvalue weighted by atomic mass is 10.1. The number of benzene rings is 2. The van der Waals surface area contributed by atoms with Crippen molar-refractivity contribution in [3.63, 3.8) is 0 Å². The summed E-state index contributed by atoms with van der Waals surface area (Å²) in [5, 5.41) is 11.6. The van der Waals surface area contributed by atoms with Crippen LogP contribution in [0.1, 0.15) is 5.56 Å². The summed E-state index contributed by atoms with van der Waals surface area (Å²) < 4.78 is 0.770. The number of urea groups is 1. The van der Waals surface area contributed by atoms with Crippen LogP contribution in [0.15, 0.2) is 46.4 Å². The van der Waals surface area contributed by atoms with E-state index in [-0.39, 0.29) is 21.4 Å². The lowest BCUT2D eigenvalue weighted by Crippen LogP contribution is -2.54. The van der Waals surface area contributed by atoms with Crippen LogP contribution in [0.25, 0.3) is 6.08 Å². The van der Waals surface area contributed by atoms with Crippen LogP contribution >= 0.6 is 39.1 Å². The molecule has 132 valence electrons. The van der Waals surface area contributed by atoms with E-state index in [0.29, 0.717) is 11.3 Å². The van der Waals surface area contributed by atoms with Crippen molar-refractivity contribution in [2.45, 2.75) is 0 Å². The number of carbonyl (C=O) groups is 3. The Morgan fingerprint density at radius 2 is 1.62 bits per heavy atom. The van der Waals surface area contributed by atoms with Gasteiger partial charge in [0.05, 0.1) is 15.7 Å². The van der Waals surface area contributed by atoms with E-state index in [2.05, 4.69) is 21.2 Å². The van der Waals surface area contributed by atoms with Crippen LogP contribution in [0.5, 0.6) is 5.75 Å². The summed E-state index contributed by atoms with van der Waals surface area (Å²) in [5.41, 5.74) is 0.350. The van der Waals surface area contributed by atoms with E-state index in [0.717, 1.165) is 9.37 Å². The minimum Gasteiger partial charge on any atom is -0.505 e. The van der Waals surface area contributed by atoms with Crippen LogP contribution in [0.3, 0.4) is 0 Å². The number of halogens is 3. The second-order valence-electron chi connectivity index (χ2n) is 5.27. The van der Waals surface area contributed by atoms with Crippen molar-refractivity contribution in [3.05, 3.63) is 62.1 Å². The standard InChI is InChI=1S/C17H9BrCl2N2O4/c18-9-1-3-10(4-2-9)22-16(25)11(15(24)21-17(22)26)5-8-6-12(19)14(23)13(20)7-8/h1-7,23H,(H,21,24,26). The molecule has 4 amide bonds. The maximum absolute atomic E-state index is 12.7. The number of amides is 4. The van der Waals surface area contributed by atoms with Gasteiger partial charge >= 0.3 is 6.03 Å². The maximum atomic E-state index is 12.7. The average molecular weight is 456 g/mol. The van der Waals surface area contributed by atoms with Gasteiger partial charge in [-0.25, -0.2) is 9.69 Å². The highest BCUT2D eigenvalue weighted by Gasteiger charge is 2.36. The minimum atomic E-state index is -0.846. The Morgan fingerprint density at radius 3 is 2.19 bits per heavy atom. The molecule has 0 aliphatic carbocycles. The number of barbiturate groups is 1. The Morgan fingerprint density at radius 1 is 1.04 bits per heavy atom. The van der Waals surface area contributed by atoms with Gasteiger partial charge in [0.1, 0.15) is 5.57 Å². The molecule has 0 bridgehead atoms. The van der Waals surface area contributed by atoms with E-state index >= 15 is 0 Å². The van der Waals surface area contributed by atoms with Crippen LogP contribution in [0.2, 0.25) is 10.0 Å². The molecule has 9 heteroatoms. The third kappa shape index (κ3) is 3.46. The van der Waals surface area contributed by atoms with E-state index in [1.165, 1.54) is 18.2 Å². The van der Waals surface area contributed by atoms with Gasteiger partial charge in [-0.15, -0.1) is 0 Å². The van der Waals surface area contributed by atoms with Gasteiger partial charge in [0.15, 0.2) is 5.75 Å². The van der Waals surface area contributed by atoms with E-state index in [9.17, 15) is 19.5 Å². The normalized spacial score (nSPS) is 16.2. The molecule has 6 nitrogen and oxygen atoms in total. The molecular weight excluding hydrogens is 447 g/mol. The number of phenols is 1. The third-order valence-corrected chi connectivity index (χ3v) is 4.64. The Kier molecular flexibility index (Phi) is 5.04. The fraction of sp³-hybridized carbons (Fsp3) is 0. The van der Waals surface area contributed by atoms with E-state index < -0.39 is 17.8 Å². The van der Waals surface area contributed by atoms with Crippen LogP contribution in [-0.2, 0) is 9.59 Å². The monoisotopic (exact) mass is 454 g/mol. The Labute approximate surface area is 166 Å². The number of hydrogen-bond donors (Lipinski definition) is 2. The van der Waals surface area contributed by atoms with E-state index in [1.54, 1.807) is 24.3 Å². The molecule has 0 aromatic heterocycles. The van der Waals surface area contributed by atoms with E-state index in [4.69, 9.17) is 23.2 Å². The molecule has 1 aliphatic heterocycles. The van der Waals surface area contributed by atoms with Gasteiger partial charge in [0.2, 0.25) is 0 Å². The smallest absolute Gasteiger partial charge is 0.335 e. The molecule has 1 heterocycles. The van der Waals surface area contributed by atoms with Crippen LogP contribution in [0.4, 0.5) is 10.5 Å². The molecule has 0 atom stereocenters. The Balaban J connectivity index is 2.04. The van der Waals surface area contributed by atoms with Gasteiger partial charge in [0.25, 0.3) is 11.8 Å². The molecule has 0 unspecified atom stereocenters. The van der Waals surface area contributed by atoms with Crippen LogP contribution in [-0.4, -0.2) is 23.0 Å². The molecule has 0 spiro atoms. The van der Waals surface area contributed by atoms with Gasteiger partial charge < -0.3 is 5.11 Å². The molecule has 1 saturated heterocycles. The van der Waals surface area contributed by atoms with E-state index in [1.807, 2.05) is 0 Å². The molecule has 3 rings (SSSR count). The van der Waals surface area contributed by atoms with Crippen molar-refractivity contribution in [2.75, 3.05) is 4.90 Å². The zero-order valence-corrected chi connectivity index (χ0v) is 15.9. The molecule has 0 saturated carbocycles. The van der Waals surface area contributed by atoms with Crippen LogP contribution < -0.4 is 10.2 Å². The number of carbonyl (C=O) groups excluding carboxylic acids is 3. The minimum absolute atomic E-state index is 0.0335. The summed E-state index contributed by atoms with van der Waals surface area (Å²) in [6, 6.07) is 8.28. The number of anilines is 1. The number of hydrogen-bond acceptors (Lipinski definition) is 4. The fourth-order valence-corrected chi connectivity index (χ4v) is 3.09. The zero-order valence-electron chi connectivity index (χ0n) is 12.8. The summed E-state index contributed by atoms with van der Waals surface area (Å²) in [6.07, 6.45) is 1.24.